The Morgan fingerprint density at radius 1 is 0.935 bits per heavy atom. The minimum Gasteiger partial charge on any atom is -0.481 e. The Kier molecular flexibility index (Phi) is 8.56. The van der Waals surface area contributed by atoms with Crippen LogP contribution in [0.3, 0.4) is 0 Å². The first-order valence-corrected chi connectivity index (χ1v) is 9.49. The van der Waals surface area contributed by atoms with E-state index in [0.717, 1.165) is 10.5 Å². The highest BCUT2D eigenvalue weighted by Gasteiger charge is 2.34. The van der Waals surface area contributed by atoms with Gasteiger partial charge >= 0.3 is 18.0 Å². The summed E-state index contributed by atoms with van der Waals surface area (Å²) in [4.78, 5) is 49.1. The van der Waals surface area contributed by atoms with Crippen molar-refractivity contribution in [3.05, 3.63) is 71.8 Å². The van der Waals surface area contributed by atoms with Crippen LogP contribution in [0, 0.1) is 0 Å². The van der Waals surface area contributed by atoms with Crippen LogP contribution < -0.4 is 5.32 Å². The molecule has 2 atom stereocenters. The lowest BCUT2D eigenvalue weighted by Crippen LogP contribution is -2.54. The fraction of sp³-hybridized carbons (Fsp3) is 0.273. The lowest BCUT2D eigenvalue weighted by atomic mass is 10.0. The Labute approximate surface area is 179 Å². The minimum atomic E-state index is -1.54. The van der Waals surface area contributed by atoms with Crippen molar-refractivity contribution >= 4 is 23.9 Å². The van der Waals surface area contributed by atoms with Crippen LogP contribution in [0.4, 0.5) is 4.79 Å². The molecule has 0 unspecified atom stereocenters. The summed E-state index contributed by atoms with van der Waals surface area (Å²) in [5, 5.41) is 21.4. The van der Waals surface area contributed by atoms with Crippen LogP contribution in [0.15, 0.2) is 60.7 Å². The van der Waals surface area contributed by atoms with Crippen LogP contribution in [0.1, 0.15) is 17.5 Å². The molecule has 2 aromatic rings. The number of rotatable bonds is 10. The summed E-state index contributed by atoms with van der Waals surface area (Å²) in [6, 6.07) is 14.7. The van der Waals surface area contributed by atoms with E-state index in [1.165, 1.54) is 7.11 Å². The average molecular weight is 428 g/mol. The molecule has 2 amide bonds. The van der Waals surface area contributed by atoms with Gasteiger partial charge in [0.25, 0.3) is 0 Å². The molecule has 164 valence electrons. The number of carboxylic acid groups (broad SMARTS) is 2. The Morgan fingerprint density at radius 3 is 1.97 bits per heavy atom. The number of aliphatic carboxylic acids is 1. The molecule has 9 heteroatoms. The molecule has 0 aromatic heterocycles. The highest BCUT2D eigenvalue weighted by Crippen LogP contribution is 2.14. The van der Waals surface area contributed by atoms with E-state index >= 15 is 0 Å². The molecule has 3 N–H and O–H groups in total. The van der Waals surface area contributed by atoms with E-state index < -0.39 is 42.4 Å². The zero-order valence-corrected chi connectivity index (χ0v) is 16.9. The number of hydrogen-bond acceptors (Lipinski definition) is 5. The normalized spacial score (nSPS) is 12.3. The molecular weight excluding hydrogens is 404 g/mol. The maximum absolute atomic E-state index is 12.9. The van der Waals surface area contributed by atoms with Gasteiger partial charge in [-0.25, -0.2) is 9.59 Å². The largest absolute Gasteiger partial charge is 0.481 e. The van der Waals surface area contributed by atoms with Gasteiger partial charge in [0.2, 0.25) is 5.91 Å². The summed E-state index contributed by atoms with van der Waals surface area (Å²) in [5.74, 6) is -2.97. The Balaban J connectivity index is 2.26. The van der Waals surface area contributed by atoms with Crippen LogP contribution in [0.25, 0.3) is 0 Å². The van der Waals surface area contributed by atoms with Crippen LogP contribution in [0.2, 0.25) is 0 Å². The van der Waals surface area contributed by atoms with Gasteiger partial charge in [-0.3, -0.25) is 14.5 Å². The number of benzene rings is 2. The maximum atomic E-state index is 12.9. The number of nitrogens with zero attached hydrogens (tertiary/aromatic N) is 1. The van der Waals surface area contributed by atoms with Crippen molar-refractivity contribution in [2.45, 2.75) is 31.5 Å². The van der Waals surface area contributed by atoms with E-state index in [2.05, 4.69) is 5.32 Å². The van der Waals surface area contributed by atoms with Gasteiger partial charge in [0.1, 0.15) is 12.1 Å². The van der Waals surface area contributed by atoms with E-state index in [9.17, 15) is 29.4 Å². The third kappa shape index (κ3) is 7.14. The fourth-order valence-corrected chi connectivity index (χ4v) is 3.05. The third-order valence-corrected chi connectivity index (χ3v) is 4.57. The van der Waals surface area contributed by atoms with Crippen molar-refractivity contribution < 1.29 is 34.1 Å². The molecule has 31 heavy (non-hydrogen) atoms. The van der Waals surface area contributed by atoms with Crippen molar-refractivity contribution in [2.75, 3.05) is 7.11 Å². The molecule has 0 aliphatic rings. The summed E-state index contributed by atoms with van der Waals surface area (Å²) in [6.45, 7) is -0.191. The predicted molar refractivity (Wildman–Crippen MR) is 110 cm³/mol. The second-order valence-corrected chi connectivity index (χ2v) is 6.78. The lowest BCUT2D eigenvalue weighted by Gasteiger charge is -2.29. The quantitative estimate of drug-likeness (QED) is 0.492. The number of methoxy groups -OCH3 is 1. The summed E-state index contributed by atoms with van der Waals surface area (Å²) >= 11 is 0. The highest BCUT2D eigenvalue weighted by molar-refractivity contribution is 5.92. The maximum Gasteiger partial charge on any atom is 0.408 e. The van der Waals surface area contributed by atoms with Crippen LogP contribution in [0.5, 0.6) is 0 Å². The zero-order valence-electron chi connectivity index (χ0n) is 16.9. The highest BCUT2D eigenvalue weighted by atomic mass is 16.5. The van der Waals surface area contributed by atoms with Crippen molar-refractivity contribution in [1.82, 2.24) is 10.2 Å². The number of hydrogen-bond donors (Lipinski definition) is 3. The van der Waals surface area contributed by atoms with Crippen molar-refractivity contribution in [2.24, 2.45) is 0 Å². The first kappa shape index (κ1) is 23.4. The molecule has 0 spiro atoms. The van der Waals surface area contributed by atoms with Gasteiger partial charge < -0.3 is 20.3 Å². The van der Waals surface area contributed by atoms with Gasteiger partial charge in [-0.05, 0) is 11.1 Å². The van der Waals surface area contributed by atoms with Crippen LogP contribution >= 0.6 is 0 Å². The number of carboxylic acids is 1. The second-order valence-electron chi connectivity index (χ2n) is 6.78. The number of esters is 1. The van der Waals surface area contributed by atoms with Gasteiger partial charge in [-0.2, -0.15) is 0 Å². The molecule has 0 saturated carbocycles. The van der Waals surface area contributed by atoms with Gasteiger partial charge in [-0.1, -0.05) is 60.7 Å². The zero-order chi connectivity index (χ0) is 22.8. The number of nitrogens with one attached hydrogen (secondary N) is 1. The van der Waals surface area contributed by atoms with Gasteiger partial charge in [0, 0.05) is 13.0 Å². The Hall–Kier alpha value is -3.88. The summed E-state index contributed by atoms with van der Waals surface area (Å²) < 4.78 is 4.75. The number of ether oxygens (including phenoxy) is 1. The summed E-state index contributed by atoms with van der Waals surface area (Å²) in [5.41, 5.74) is 1.33. The molecular formula is C22H24N2O7. The van der Waals surface area contributed by atoms with E-state index in [4.69, 9.17) is 4.74 Å². The number of carbonyl (C=O) groups is 4. The van der Waals surface area contributed by atoms with Gasteiger partial charge in [-0.15, -0.1) is 0 Å². The lowest BCUT2D eigenvalue weighted by molar-refractivity contribution is -0.146. The first-order valence-electron chi connectivity index (χ1n) is 9.49. The average Bonchev–Trinajstić information content (AvgIpc) is 2.76. The van der Waals surface area contributed by atoms with Crippen molar-refractivity contribution in [1.29, 1.82) is 0 Å². The van der Waals surface area contributed by atoms with Gasteiger partial charge in [0.05, 0.1) is 13.5 Å². The molecule has 2 aromatic carbocycles. The van der Waals surface area contributed by atoms with E-state index in [1.807, 2.05) is 0 Å². The smallest absolute Gasteiger partial charge is 0.408 e. The Morgan fingerprint density at radius 2 is 1.48 bits per heavy atom. The molecule has 0 heterocycles. The molecule has 0 aliphatic carbocycles. The van der Waals surface area contributed by atoms with E-state index in [1.54, 1.807) is 60.7 Å². The molecule has 0 radical (unpaired) electrons. The minimum absolute atomic E-state index is 0.102. The molecule has 0 aliphatic heterocycles. The van der Waals surface area contributed by atoms with Crippen molar-refractivity contribution in [3.8, 4) is 0 Å². The fourth-order valence-electron chi connectivity index (χ4n) is 3.05. The number of carbonyl (C=O) groups excluding carboxylic acids is 2. The van der Waals surface area contributed by atoms with E-state index in [-0.39, 0.29) is 13.0 Å². The molecule has 9 nitrogen and oxygen atoms in total. The van der Waals surface area contributed by atoms with Crippen molar-refractivity contribution in [3.63, 3.8) is 0 Å². The second kappa shape index (κ2) is 11.3. The SMILES string of the molecule is COC(=O)[C@H](Cc1ccccc1)NC(=O)[C@H](CC(=O)O)N(Cc1ccccc1)C(=O)O. The summed E-state index contributed by atoms with van der Waals surface area (Å²) in [6.07, 6.45) is -2.11. The standard InChI is InChI=1S/C22H24N2O7/c1-31-21(28)17(12-15-8-4-2-5-9-15)23-20(27)18(13-19(25)26)24(22(29)30)14-16-10-6-3-7-11-16/h2-11,17-18H,12-14H2,1H3,(H,23,27)(H,25,26)(H,29,30)/t17-,18-/m0/s1. The number of amides is 2. The monoisotopic (exact) mass is 428 g/mol. The van der Waals surface area contributed by atoms with Crippen LogP contribution in [-0.2, 0) is 32.1 Å². The predicted octanol–water partition coefficient (Wildman–Crippen LogP) is 1.91. The molecule has 2 rings (SSSR count). The molecule has 0 bridgehead atoms. The first-order chi connectivity index (χ1) is 14.8. The van der Waals surface area contributed by atoms with Gasteiger partial charge in [0.15, 0.2) is 0 Å². The molecule has 0 fully saturated rings. The topological polar surface area (TPSA) is 133 Å². The van der Waals surface area contributed by atoms with Crippen LogP contribution in [-0.4, -0.2) is 58.2 Å². The molecule has 0 saturated heterocycles. The van der Waals surface area contributed by atoms with E-state index in [0.29, 0.717) is 5.56 Å². The third-order valence-electron chi connectivity index (χ3n) is 4.57. The Bertz CT molecular complexity index is 903. The summed E-state index contributed by atoms with van der Waals surface area (Å²) in [7, 11) is 1.17.